The zero-order chi connectivity index (χ0) is 13.9. The number of pyridine rings is 1. The van der Waals surface area contributed by atoms with Gasteiger partial charge in [-0.05, 0) is 54.7 Å². The highest BCUT2D eigenvalue weighted by atomic mass is 35.5. The summed E-state index contributed by atoms with van der Waals surface area (Å²) >= 11 is 0. The van der Waals surface area contributed by atoms with Gasteiger partial charge in [0.25, 0.3) is 5.91 Å². The van der Waals surface area contributed by atoms with E-state index in [4.69, 9.17) is 0 Å². The lowest BCUT2D eigenvalue weighted by atomic mass is 10.1. The molecule has 2 N–H and O–H groups in total. The summed E-state index contributed by atoms with van der Waals surface area (Å²) in [5.41, 5.74) is 4.10. The lowest BCUT2D eigenvalue weighted by Crippen LogP contribution is -2.12. The van der Waals surface area contributed by atoms with Crippen molar-refractivity contribution in [3.63, 3.8) is 0 Å². The van der Waals surface area contributed by atoms with E-state index in [0.29, 0.717) is 11.3 Å². The van der Waals surface area contributed by atoms with Crippen LogP contribution in [0.5, 0.6) is 0 Å². The fraction of sp³-hybridized carbons (Fsp3) is 0.250. The molecule has 110 valence electrons. The van der Waals surface area contributed by atoms with Gasteiger partial charge >= 0.3 is 0 Å². The molecule has 0 fully saturated rings. The molecule has 21 heavy (non-hydrogen) atoms. The SMILES string of the molecule is CNc1ccc(NC(=O)c2ccc3c(c2)CCC3)cn1.Cl. The number of halogens is 1. The number of hydrogen-bond donors (Lipinski definition) is 2. The van der Waals surface area contributed by atoms with E-state index < -0.39 is 0 Å². The third-order valence-electron chi connectivity index (χ3n) is 3.64. The molecule has 5 heteroatoms. The van der Waals surface area contributed by atoms with E-state index in [1.54, 1.807) is 6.20 Å². The van der Waals surface area contributed by atoms with E-state index in [1.165, 1.54) is 17.5 Å². The number of benzene rings is 1. The van der Waals surface area contributed by atoms with Crippen LogP contribution in [-0.2, 0) is 12.8 Å². The van der Waals surface area contributed by atoms with Gasteiger partial charge in [-0.15, -0.1) is 12.4 Å². The van der Waals surface area contributed by atoms with Crippen LogP contribution in [-0.4, -0.2) is 17.9 Å². The number of aryl methyl sites for hydroxylation is 2. The van der Waals surface area contributed by atoms with Crippen LogP contribution in [0.1, 0.15) is 27.9 Å². The molecule has 3 rings (SSSR count). The molecule has 1 aromatic heterocycles. The first-order chi connectivity index (χ1) is 9.76. The van der Waals surface area contributed by atoms with Crippen molar-refractivity contribution in [2.45, 2.75) is 19.3 Å². The van der Waals surface area contributed by atoms with E-state index >= 15 is 0 Å². The summed E-state index contributed by atoms with van der Waals surface area (Å²) in [5.74, 6) is 0.694. The van der Waals surface area contributed by atoms with Gasteiger partial charge in [0.1, 0.15) is 5.82 Å². The topological polar surface area (TPSA) is 54.0 Å². The Labute approximate surface area is 130 Å². The van der Waals surface area contributed by atoms with Gasteiger partial charge in [-0.25, -0.2) is 4.98 Å². The lowest BCUT2D eigenvalue weighted by Gasteiger charge is -2.07. The number of carbonyl (C=O) groups excluding carboxylic acids is 1. The first-order valence-electron chi connectivity index (χ1n) is 6.83. The lowest BCUT2D eigenvalue weighted by molar-refractivity contribution is 0.102. The second kappa shape index (κ2) is 6.59. The Balaban J connectivity index is 0.00000161. The highest BCUT2D eigenvalue weighted by Gasteiger charge is 2.14. The molecule has 1 heterocycles. The van der Waals surface area contributed by atoms with Gasteiger partial charge in [-0.1, -0.05) is 6.07 Å². The monoisotopic (exact) mass is 303 g/mol. The maximum atomic E-state index is 12.2. The Kier molecular flexibility index (Phi) is 4.81. The van der Waals surface area contributed by atoms with Crippen molar-refractivity contribution in [2.24, 2.45) is 0 Å². The number of nitrogens with one attached hydrogen (secondary N) is 2. The highest BCUT2D eigenvalue weighted by molar-refractivity contribution is 6.04. The second-order valence-electron chi connectivity index (χ2n) is 4.97. The predicted molar refractivity (Wildman–Crippen MR) is 87.5 cm³/mol. The van der Waals surface area contributed by atoms with Crippen molar-refractivity contribution in [1.82, 2.24) is 4.98 Å². The Morgan fingerprint density at radius 2 is 1.95 bits per heavy atom. The van der Waals surface area contributed by atoms with Crippen LogP contribution >= 0.6 is 12.4 Å². The fourth-order valence-electron chi connectivity index (χ4n) is 2.53. The third-order valence-corrected chi connectivity index (χ3v) is 3.64. The summed E-state index contributed by atoms with van der Waals surface area (Å²) < 4.78 is 0. The Bertz CT molecular complexity index is 640. The minimum Gasteiger partial charge on any atom is -0.373 e. The van der Waals surface area contributed by atoms with Crippen molar-refractivity contribution in [2.75, 3.05) is 17.7 Å². The minimum atomic E-state index is -0.0845. The molecule has 1 aliphatic carbocycles. The molecule has 0 atom stereocenters. The molecule has 4 nitrogen and oxygen atoms in total. The van der Waals surface area contributed by atoms with Crippen molar-refractivity contribution >= 4 is 29.8 Å². The van der Waals surface area contributed by atoms with Crippen LogP contribution in [0, 0.1) is 0 Å². The first-order valence-corrected chi connectivity index (χ1v) is 6.83. The standard InChI is InChI=1S/C16H17N3O.ClH/c1-17-15-8-7-14(10-18-15)19-16(20)13-6-5-11-3-2-4-12(11)9-13;/h5-10H,2-4H2,1H3,(H,17,18)(H,19,20);1H. The summed E-state index contributed by atoms with van der Waals surface area (Å²) in [6.45, 7) is 0. The fourth-order valence-corrected chi connectivity index (χ4v) is 2.53. The number of amides is 1. The number of carbonyl (C=O) groups is 1. The van der Waals surface area contributed by atoms with Crippen molar-refractivity contribution < 1.29 is 4.79 Å². The van der Waals surface area contributed by atoms with Gasteiger partial charge in [0.05, 0.1) is 11.9 Å². The van der Waals surface area contributed by atoms with Gasteiger partial charge in [0.2, 0.25) is 0 Å². The number of rotatable bonds is 3. The molecule has 1 amide bonds. The Hall–Kier alpha value is -2.07. The summed E-state index contributed by atoms with van der Waals surface area (Å²) in [7, 11) is 1.81. The van der Waals surface area contributed by atoms with Crippen molar-refractivity contribution in [1.29, 1.82) is 0 Å². The van der Waals surface area contributed by atoms with Crippen molar-refractivity contribution in [3.05, 3.63) is 53.2 Å². The van der Waals surface area contributed by atoms with E-state index in [1.807, 2.05) is 31.3 Å². The van der Waals surface area contributed by atoms with E-state index in [0.717, 1.165) is 18.7 Å². The zero-order valence-electron chi connectivity index (χ0n) is 11.8. The number of anilines is 2. The van der Waals surface area contributed by atoms with Gasteiger partial charge in [0.15, 0.2) is 0 Å². The maximum absolute atomic E-state index is 12.2. The van der Waals surface area contributed by atoms with Gasteiger partial charge in [-0.2, -0.15) is 0 Å². The van der Waals surface area contributed by atoms with E-state index in [9.17, 15) is 4.79 Å². The molecule has 1 aliphatic rings. The van der Waals surface area contributed by atoms with Crippen LogP contribution in [0.15, 0.2) is 36.5 Å². The molecule has 2 aromatic rings. The molecule has 0 saturated carbocycles. The van der Waals surface area contributed by atoms with Crippen LogP contribution in [0.25, 0.3) is 0 Å². The largest absolute Gasteiger partial charge is 0.373 e. The smallest absolute Gasteiger partial charge is 0.255 e. The summed E-state index contributed by atoms with van der Waals surface area (Å²) in [4.78, 5) is 16.4. The zero-order valence-corrected chi connectivity index (χ0v) is 12.7. The molecule has 0 bridgehead atoms. The second-order valence-corrected chi connectivity index (χ2v) is 4.97. The minimum absolute atomic E-state index is 0. The third kappa shape index (κ3) is 3.34. The molecular formula is C16H18ClN3O. The molecule has 0 radical (unpaired) electrons. The quantitative estimate of drug-likeness (QED) is 0.915. The van der Waals surface area contributed by atoms with Gasteiger partial charge in [0, 0.05) is 12.6 Å². The number of hydrogen-bond acceptors (Lipinski definition) is 3. The van der Waals surface area contributed by atoms with Crippen LogP contribution in [0.4, 0.5) is 11.5 Å². The molecule has 0 aliphatic heterocycles. The first kappa shape index (κ1) is 15.3. The van der Waals surface area contributed by atoms with E-state index in [-0.39, 0.29) is 18.3 Å². The number of aromatic nitrogens is 1. The molecule has 0 saturated heterocycles. The van der Waals surface area contributed by atoms with Gasteiger partial charge < -0.3 is 10.6 Å². The summed E-state index contributed by atoms with van der Waals surface area (Å²) in [5, 5.41) is 5.82. The molecule has 0 unspecified atom stereocenters. The van der Waals surface area contributed by atoms with Crippen LogP contribution < -0.4 is 10.6 Å². The Morgan fingerprint density at radius 1 is 1.14 bits per heavy atom. The van der Waals surface area contributed by atoms with Crippen LogP contribution in [0.2, 0.25) is 0 Å². The summed E-state index contributed by atoms with van der Waals surface area (Å²) in [6.07, 6.45) is 5.05. The Morgan fingerprint density at radius 3 is 2.67 bits per heavy atom. The molecule has 1 aromatic carbocycles. The highest BCUT2D eigenvalue weighted by Crippen LogP contribution is 2.23. The number of nitrogens with zero attached hydrogens (tertiary/aromatic N) is 1. The average molecular weight is 304 g/mol. The van der Waals surface area contributed by atoms with Gasteiger partial charge in [-0.3, -0.25) is 4.79 Å². The van der Waals surface area contributed by atoms with Crippen molar-refractivity contribution in [3.8, 4) is 0 Å². The molecule has 0 spiro atoms. The number of fused-ring (bicyclic) bond motifs is 1. The molecular weight excluding hydrogens is 286 g/mol. The predicted octanol–water partition coefficient (Wildman–Crippen LogP) is 3.29. The normalized spacial score (nSPS) is 12.2. The van der Waals surface area contributed by atoms with Crippen LogP contribution in [0.3, 0.4) is 0 Å². The maximum Gasteiger partial charge on any atom is 0.255 e. The summed E-state index contributed by atoms with van der Waals surface area (Å²) in [6, 6.07) is 9.64. The van der Waals surface area contributed by atoms with E-state index in [2.05, 4.69) is 21.7 Å². The average Bonchev–Trinajstić information content (AvgIpc) is 2.95.